The molecule has 3 heterocycles. The smallest absolute Gasteiger partial charge is 0.326 e. The first kappa shape index (κ1) is 20.9. The molecule has 0 radical (unpaired) electrons. The van der Waals surface area contributed by atoms with Crippen molar-refractivity contribution in [2.24, 2.45) is 5.92 Å². The van der Waals surface area contributed by atoms with Gasteiger partial charge >= 0.3 is 6.03 Å². The van der Waals surface area contributed by atoms with Crippen molar-refractivity contribution in [3.05, 3.63) is 59.9 Å². The van der Waals surface area contributed by atoms with Crippen LogP contribution in [0.25, 0.3) is 0 Å². The van der Waals surface area contributed by atoms with Gasteiger partial charge < -0.3 is 20.1 Å². The maximum absolute atomic E-state index is 13.6. The third-order valence-electron chi connectivity index (χ3n) is 6.83. The van der Waals surface area contributed by atoms with E-state index in [4.69, 9.17) is 4.74 Å². The van der Waals surface area contributed by atoms with Crippen LogP contribution in [0.1, 0.15) is 24.3 Å². The molecule has 3 amide bonds. The van der Waals surface area contributed by atoms with Gasteiger partial charge in [0.15, 0.2) is 0 Å². The molecule has 8 heteroatoms. The normalized spacial score (nSPS) is 24.9. The summed E-state index contributed by atoms with van der Waals surface area (Å²) in [6.45, 7) is 1.31. The standard InChI is InChI=1S/C24H26FN3O4/c25-16-4-3-5-17(12-16)26-24(31)27-13-20-22(18-6-1-2-7-19(18)27)21(14-29)28(20)23(30)15-8-10-32-11-9-15/h1-7,12,15,20-22,29H,8-11,13-14H2,(H,26,31)/t20-,21-,22+/m0/s1. The maximum Gasteiger partial charge on any atom is 0.326 e. The molecular weight excluding hydrogens is 413 g/mol. The number of aliphatic hydroxyl groups excluding tert-OH is 1. The predicted octanol–water partition coefficient (Wildman–Crippen LogP) is 2.96. The zero-order chi connectivity index (χ0) is 22.2. The molecule has 2 saturated heterocycles. The average Bonchev–Trinajstić information content (AvgIpc) is 2.80. The lowest BCUT2D eigenvalue weighted by molar-refractivity contribution is -0.157. The van der Waals surface area contributed by atoms with E-state index in [1.54, 1.807) is 15.9 Å². The van der Waals surface area contributed by atoms with E-state index in [1.165, 1.54) is 18.2 Å². The Bertz CT molecular complexity index is 1030. The summed E-state index contributed by atoms with van der Waals surface area (Å²) < 4.78 is 19.0. The highest BCUT2D eigenvalue weighted by Crippen LogP contribution is 2.49. The number of carbonyl (C=O) groups excluding carboxylic acids is 2. The molecule has 0 aromatic heterocycles. The van der Waals surface area contributed by atoms with Crippen LogP contribution in [0.5, 0.6) is 0 Å². The number of fused-ring (bicyclic) bond motifs is 3. The van der Waals surface area contributed by atoms with E-state index in [1.807, 2.05) is 24.3 Å². The molecule has 0 aliphatic carbocycles. The molecule has 0 unspecified atom stereocenters. The van der Waals surface area contributed by atoms with E-state index in [0.29, 0.717) is 38.3 Å². The van der Waals surface area contributed by atoms with Crippen LogP contribution in [0.15, 0.2) is 48.5 Å². The average molecular weight is 439 g/mol. The van der Waals surface area contributed by atoms with E-state index >= 15 is 0 Å². The van der Waals surface area contributed by atoms with Gasteiger partial charge in [0.05, 0.1) is 18.7 Å². The summed E-state index contributed by atoms with van der Waals surface area (Å²) in [4.78, 5) is 29.9. The highest BCUT2D eigenvalue weighted by atomic mass is 19.1. The lowest BCUT2D eigenvalue weighted by atomic mass is 9.71. The van der Waals surface area contributed by atoms with Crippen LogP contribution in [0, 0.1) is 11.7 Å². The summed E-state index contributed by atoms with van der Waals surface area (Å²) in [6.07, 6.45) is 1.34. The first-order valence-corrected chi connectivity index (χ1v) is 11.0. The molecule has 7 nitrogen and oxygen atoms in total. The fourth-order valence-corrected chi connectivity index (χ4v) is 5.30. The number of likely N-dealkylation sites (tertiary alicyclic amines) is 1. The van der Waals surface area contributed by atoms with Crippen molar-refractivity contribution in [1.29, 1.82) is 0 Å². The lowest BCUT2D eigenvalue weighted by Gasteiger charge is -2.59. The number of ether oxygens (including phenoxy) is 1. The Kier molecular flexibility index (Phi) is 5.57. The van der Waals surface area contributed by atoms with Crippen LogP contribution >= 0.6 is 0 Å². The summed E-state index contributed by atoms with van der Waals surface area (Å²) in [6, 6.07) is 12.4. The highest BCUT2D eigenvalue weighted by Gasteiger charge is 2.56. The fraction of sp³-hybridized carbons (Fsp3) is 0.417. The maximum atomic E-state index is 13.6. The number of urea groups is 1. The Morgan fingerprint density at radius 3 is 2.66 bits per heavy atom. The van der Waals surface area contributed by atoms with Gasteiger partial charge in [0.2, 0.25) is 5.91 Å². The zero-order valence-electron chi connectivity index (χ0n) is 17.6. The number of halogens is 1. The molecule has 168 valence electrons. The first-order valence-electron chi connectivity index (χ1n) is 11.0. The van der Waals surface area contributed by atoms with Crippen LogP contribution in [0.4, 0.5) is 20.6 Å². The van der Waals surface area contributed by atoms with Gasteiger partial charge in [-0.3, -0.25) is 9.69 Å². The number of nitrogens with zero attached hydrogens (tertiary/aromatic N) is 2. The first-order chi connectivity index (χ1) is 15.6. The number of aliphatic hydroxyl groups is 1. The molecule has 5 rings (SSSR count). The van der Waals surface area contributed by atoms with Crippen LogP contribution in [-0.2, 0) is 9.53 Å². The monoisotopic (exact) mass is 439 g/mol. The Morgan fingerprint density at radius 1 is 1.12 bits per heavy atom. The number of carbonyl (C=O) groups is 2. The molecule has 3 atom stereocenters. The van der Waals surface area contributed by atoms with Gasteiger partial charge in [-0.25, -0.2) is 9.18 Å². The molecule has 3 aliphatic rings. The molecule has 2 fully saturated rings. The Labute approximate surface area is 185 Å². The second-order valence-electron chi connectivity index (χ2n) is 8.59. The summed E-state index contributed by atoms with van der Waals surface area (Å²) in [5.41, 5.74) is 2.05. The Balaban J connectivity index is 1.43. The third-order valence-corrected chi connectivity index (χ3v) is 6.83. The number of hydrogen-bond donors (Lipinski definition) is 2. The van der Waals surface area contributed by atoms with Crippen molar-refractivity contribution < 1.29 is 23.8 Å². The molecule has 0 spiro atoms. The number of amides is 3. The second kappa shape index (κ2) is 8.52. The zero-order valence-corrected chi connectivity index (χ0v) is 17.6. The van der Waals surface area contributed by atoms with E-state index in [9.17, 15) is 19.1 Å². The summed E-state index contributed by atoms with van der Waals surface area (Å²) in [7, 11) is 0. The second-order valence-corrected chi connectivity index (χ2v) is 8.59. The summed E-state index contributed by atoms with van der Waals surface area (Å²) >= 11 is 0. The number of benzene rings is 2. The molecule has 2 N–H and O–H groups in total. The van der Waals surface area contributed by atoms with E-state index in [2.05, 4.69) is 5.32 Å². The SMILES string of the molecule is O=C(Nc1cccc(F)c1)N1C[C@H]2[C@@H](c3ccccc31)[C@H](CO)N2C(=O)C1CCOCC1. The molecular formula is C24H26FN3O4. The molecule has 0 saturated carbocycles. The Morgan fingerprint density at radius 2 is 1.91 bits per heavy atom. The molecule has 2 aromatic rings. The quantitative estimate of drug-likeness (QED) is 0.771. The number of nitrogens with one attached hydrogen (secondary N) is 1. The van der Waals surface area contributed by atoms with Crippen LogP contribution in [-0.4, -0.2) is 60.4 Å². The van der Waals surface area contributed by atoms with E-state index < -0.39 is 5.82 Å². The van der Waals surface area contributed by atoms with Crippen molar-refractivity contribution in [3.8, 4) is 0 Å². The minimum absolute atomic E-state index is 0.0264. The fourth-order valence-electron chi connectivity index (χ4n) is 5.30. The number of anilines is 2. The van der Waals surface area contributed by atoms with Crippen molar-refractivity contribution in [3.63, 3.8) is 0 Å². The van der Waals surface area contributed by atoms with E-state index in [0.717, 1.165) is 11.3 Å². The molecule has 32 heavy (non-hydrogen) atoms. The van der Waals surface area contributed by atoms with Crippen LogP contribution in [0.2, 0.25) is 0 Å². The topological polar surface area (TPSA) is 82.1 Å². The number of rotatable bonds is 3. The number of hydrogen-bond acceptors (Lipinski definition) is 4. The lowest BCUT2D eigenvalue weighted by Crippen LogP contribution is -2.71. The van der Waals surface area contributed by atoms with Crippen LogP contribution < -0.4 is 10.2 Å². The van der Waals surface area contributed by atoms with Gasteiger partial charge in [-0.2, -0.15) is 0 Å². The summed E-state index contributed by atoms with van der Waals surface area (Å²) in [5.74, 6) is -0.554. The number of para-hydroxylation sites is 1. The third kappa shape index (κ3) is 3.53. The largest absolute Gasteiger partial charge is 0.394 e. The van der Waals surface area contributed by atoms with Gasteiger partial charge in [-0.1, -0.05) is 24.3 Å². The van der Waals surface area contributed by atoms with Crippen molar-refractivity contribution in [1.82, 2.24) is 4.90 Å². The highest BCUT2D eigenvalue weighted by molar-refractivity contribution is 6.03. The molecule has 2 aromatic carbocycles. The van der Waals surface area contributed by atoms with Gasteiger partial charge in [-0.05, 0) is 42.7 Å². The molecule has 3 aliphatic heterocycles. The van der Waals surface area contributed by atoms with Crippen LogP contribution in [0.3, 0.4) is 0 Å². The van der Waals surface area contributed by atoms with E-state index in [-0.39, 0.29) is 42.5 Å². The van der Waals surface area contributed by atoms with Gasteiger partial charge in [-0.15, -0.1) is 0 Å². The van der Waals surface area contributed by atoms with Gasteiger partial charge in [0.25, 0.3) is 0 Å². The van der Waals surface area contributed by atoms with Crippen molar-refractivity contribution >= 4 is 23.3 Å². The van der Waals surface area contributed by atoms with Gasteiger partial charge in [0, 0.05) is 43.0 Å². The Hall–Kier alpha value is -2.97. The minimum Gasteiger partial charge on any atom is -0.394 e. The minimum atomic E-state index is -0.431. The molecule has 0 bridgehead atoms. The van der Waals surface area contributed by atoms with Crippen molar-refractivity contribution in [2.75, 3.05) is 36.6 Å². The van der Waals surface area contributed by atoms with Crippen molar-refractivity contribution in [2.45, 2.75) is 30.8 Å². The van der Waals surface area contributed by atoms with Gasteiger partial charge in [0.1, 0.15) is 5.82 Å². The predicted molar refractivity (Wildman–Crippen MR) is 117 cm³/mol. The summed E-state index contributed by atoms with van der Waals surface area (Å²) in [5, 5.41) is 12.9.